The molecule has 0 aliphatic carbocycles. The van der Waals surface area contributed by atoms with Crippen LogP contribution in [0.25, 0.3) is 0 Å². The van der Waals surface area contributed by atoms with E-state index >= 15 is 0 Å². The van der Waals surface area contributed by atoms with Gasteiger partial charge in [0.25, 0.3) is 10.0 Å². The van der Waals surface area contributed by atoms with Gasteiger partial charge in [0.2, 0.25) is 0 Å². The third kappa shape index (κ3) is 7.65. The molecule has 23 heavy (non-hydrogen) atoms. The van der Waals surface area contributed by atoms with Gasteiger partial charge in [-0.1, -0.05) is 55.7 Å². The zero-order valence-electron chi connectivity index (χ0n) is 14.4. The van der Waals surface area contributed by atoms with Crippen molar-refractivity contribution in [2.45, 2.75) is 64.4 Å². The van der Waals surface area contributed by atoms with Crippen molar-refractivity contribution in [2.24, 2.45) is 5.92 Å². The Morgan fingerprint density at radius 2 is 1.87 bits per heavy atom. The van der Waals surface area contributed by atoms with Crippen LogP contribution in [0.5, 0.6) is 0 Å². The third-order valence-corrected chi connectivity index (χ3v) is 4.44. The highest BCUT2D eigenvalue weighted by Crippen LogP contribution is 2.12. The first-order valence-electron chi connectivity index (χ1n) is 8.07. The predicted octanol–water partition coefficient (Wildman–Crippen LogP) is 3.81. The van der Waals surface area contributed by atoms with Gasteiger partial charge in [0, 0.05) is 6.42 Å². The fourth-order valence-corrected chi connectivity index (χ4v) is 2.74. The fourth-order valence-electron chi connectivity index (χ4n) is 1.90. The lowest BCUT2D eigenvalue weighted by molar-refractivity contribution is 0.0407. The van der Waals surface area contributed by atoms with E-state index in [2.05, 4.69) is 37.5 Å². The van der Waals surface area contributed by atoms with Crippen molar-refractivity contribution in [2.75, 3.05) is 0 Å². The quantitative estimate of drug-likeness (QED) is 0.446. The van der Waals surface area contributed by atoms with Gasteiger partial charge < -0.3 is 0 Å². The maximum absolute atomic E-state index is 12.2. The van der Waals surface area contributed by atoms with Crippen LogP contribution >= 0.6 is 0 Å². The topological polar surface area (TPSA) is 55.4 Å². The first kappa shape index (κ1) is 19.7. The zero-order valence-corrected chi connectivity index (χ0v) is 15.2. The monoisotopic (exact) mass is 337 g/mol. The average Bonchev–Trinajstić information content (AvgIpc) is 2.49. The SMILES string of the molecule is CCCCC#CC(CC(C)C)ONS(=O)(=O)c1ccc(C)cc1. The number of rotatable bonds is 8. The maximum Gasteiger partial charge on any atom is 0.262 e. The van der Waals surface area contributed by atoms with E-state index in [1.807, 2.05) is 6.92 Å². The van der Waals surface area contributed by atoms with E-state index in [-0.39, 0.29) is 4.90 Å². The molecule has 1 N–H and O–H groups in total. The molecule has 0 aliphatic rings. The Morgan fingerprint density at radius 3 is 2.43 bits per heavy atom. The normalized spacial score (nSPS) is 12.7. The lowest BCUT2D eigenvalue weighted by atomic mass is 10.1. The smallest absolute Gasteiger partial charge is 0.262 e. The summed E-state index contributed by atoms with van der Waals surface area (Å²) in [6.07, 6.45) is 3.17. The van der Waals surface area contributed by atoms with Crippen molar-refractivity contribution in [3.63, 3.8) is 0 Å². The summed E-state index contributed by atoms with van der Waals surface area (Å²) >= 11 is 0. The molecule has 0 radical (unpaired) electrons. The lowest BCUT2D eigenvalue weighted by Crippen LogP contribution is -2.30. The minimum atomic E-state index is -3.68. The van der Waals surface area contributed by atoms with Crippen molar-refractivity contribution in [1.82, 2.24) is 4.89 Å². The Balaban J connectivity index is 2.71. The van der Waals surface area contributed by atoms with Crippen molar-refractivity contribution in [1.29, 1.82) is 0 Å². The molecule has 0 fully saturated rings. The number of hydrogen-bond acceptors (Lipinski definition) is 3. The van der Waals surface area contributed by atoms with Crippen molar-refractivity contribution in [3.05, 3.63) is 29.8 Å². The number of unbranched alkanes of at least 4 members (excludes halogenated alkanes) is 2. The summed E-state index contributed by atoms with van der Waals surface area (Å²) in [5.41, 5.74) is 1.00. The second-order valence-electron chi connectivity index (χ2n) is 6.06. The van der Waals surface area contributed by atoms with Gasteiger partial charge >= 0.3 is 0 Å². The summed E-state index contributed by atoms with van der Waals surface area (Å²) in [5.74, 6) is 6.45. The van der Waals surface area contributed by atoms with E-state index in [0.717, 1.165) is 24.8 Å². The van der Waals surface area contributed by atoms with Gasteiger partial charge in [-0.3, -0.25) is 4.84 Å². The van der Waals surface area contributed by atoms with Crippen LogP contribution in [0.4, 0.5) is 0 Å². The first-order chi connectivity index (χ1) is 10.8. The molecule has 0 saturated carbocycles. The summed E-state index contributed by atoms with van der Waals surface area (Å²) in [4.78, 5) is 7.77. The Labute approximate surface area is 140 Å². The predicted molar refractivity (Wildman–Crippen MR) is 93.1 cm³/mol. The number of aryl methyl sites for hydroxylation is 1. The minimum absolute atomic E-state index is 0.185. The molecule has 5 heteroatoms. The largest absolute Gasteiger partial charge is 0.271 e. The van der Waals surface area contributed by atoms with Crippen LogP contribution in [0.3, 0.4) is 0 Å². The molecule has 1 aromatic rings. The first-order valence-corrected chi connectivity index (χ1v) is 9.56. The summed E-state index contributed by atoms with van der Waals surface area (Å²) in [7, 11) is -3.68. The van der Waals surface area contributed by atoms with E-state index < -0.39 is 16.1 Å². The van der Waals surface area contributed by atoms with E-state index in [9.17, 15) is 8.42 Å². The van der Waals surface area contributed by atoms with Crippen LogP contribution in [0.2, 0.25) is 0 Å². The van der Waals surface area contributed by atoms with E-state index in [1.54, 1.807) is 24.3 Å². The number of nitrogens with one attached hydrogen (secondary N) is 1. The Hall–Kier alpha value is -1.35. The molecule has 0 heterocycles. The average molecular weight is 337 g/mol. The van der Waals surface area contributed by atoms with E-state index in [4.69, 9.17) is 4.84 Å². The molecule has 1 rings (SSSR count). The maximum atomic E-state index is 12.2. The van der Waals surface area contributed by atoms with Gasteiger partial charge in [0.05, 0.1) is 4.90 Å². The van der Waals surface area contributed by atoms with Crippen LogP contribution in [0.15, 0.2) is 29.2 Å². The van der Waals surface area contributed by atoms with Crippen LogP contribution in [-0.2, 0) is 14.9 Å². The molecule has 0 spiro atoms. The number of benzene rings is 1. The van der Waals surface area contributed by atoms with Gasteiger partial charge in [-0.05, 0) is 37.8 Å². The van der Waals surface area contributed by atoms with Crippen LogP contribution in [-0.4, -0.2) is 14.5 Å². The van der Waals surface area contributed by atoms with Crippen molar-refractivity contribution in [3.8, 4) is 11.8 Å². The van der Waals surface area contributed by atoms with Crippen molar-refractivity contribution >= 4 is 10.0 Å². The molecule has 0 amide bonds. The lowest BCUT2D eigenvalue weighted by Gasteiger charge is -2.15. The standard InChI is InChI=1S/C18H27NO3S/c1-5-6-7-8-9-17(14-15(2)3)22-19-23(20,21)18-12-10-16(4)11-13-18/h10-13,15,17,19H,5-7,14H2,1-4H3. The van der Waals surface area contributed by atoms with Gasteiger partial charge in [-0.2, -0.15) is 0 Å². The Kier molecular flexibility index (Phi) is 8.32. The highest BCUT2D eigenvalue weighted by molar-refractivity contribution is 7.89. The van der Waals surface area contributed by atoms with Gasteiger partial charge in [0.1, 0.15) is 6.10 Å². The number of hydrogen-bond donors (Lipinski definition) is 1. The molecule has 0 aliphatic heterocycles. The summed E-state index contributed by atoms with van der Waals surface area (Å²) in [6, 6.07) is 6.63. The number of sulfonamides is 1. The second kappa shape index (κ2) is 9.71. The van der Waals surface area contributed by atoms with Gasteiger partial charge in [-0.15, -0.1) is 5.92 Å². The molecule has 1 aromatic carbocycles. The van der Waals surface area contributed by atoms with E-state index in [0.29, 0.717) is 12.3 Å². The molecule has 1 atom stereocenters. The van der Waals surface area contributed by atoms with Gasteiger partial charge in [0.15, 0.2) is 0 Å². The Bertz CT molecular complexity index is 624. The molecule has 1 unspecified atom stereocenters. The molecular weight excluding hydrogens is 310 g/mol. The third-order valence-electron chi connectivity index (χ3n) is 3.24. The molecule has 128 valence electrons. The van der Waals surface area contributed by atoms with Crippen LogP contribution in [0.1, 0.15) is 52.0 Å². The van der Waals surface area contributed by atoms with Gasteiger partial charge in [-0.25, -0.2) is 8.42 Å². The molecule has 0 aromatic heterocycles. The molecular formula is C18H27NO3S. The second-order valence-corrected chi connectivity index (χ2v) is 7.71. The molecule has 0 bridgehead atoms. The molecule has 0 saturated heterocycles. The highest BCUT2D eigenvalue weighted by Gasteiger charge is 2.17. The summed E-state index contributed by atoms with van der Waals surface area (Å²) < 4.78 is 24.5. The summed E-state index contributed by atoms with van der Waals surface area (Å²) in [6.45, 7) is 8.13. The molecule has 4 nitrogen and oxygen atoms in total. The van der Waals surface area contributed by atoms with Crippen LogP contribution < -0.4 is 4.89 Å². The zero-order chi connectivity index (χ0) is 17.3. The van der Waals surface area contributed by atoms with E-state index in [1.165, 1.54) is 0 Å². The van der Waals surface area contributed by atoms with Crippen LogP contribution in [0, 0.1) is 24.7 Å². The highest BCUT2D eigenvalue weighted by atomic mass is 32.2. The summed E-state index contributed by atoms with van der Waals surface area (Å²) in [5, 5.41) is 0. The fraction of sp³-hybridized carbons (Fsp3) is 0.556. The Morgan fingerprint density at radius 1 is 1.22 bits per heavy atom. The van der Waals surface area contributed by atoms with Crippen molar-refractivity contribution < 1.29 is 13.3 Å². The minimum Gasteiger partial charge on any atom is -0.271 e.